The van der Waals surface area contributed by atoms with Crippen LogP contribution in [0, 0.1) is 0 Å². The Labute approximate surface area is 183 Å². The molecule has 0 bridgehead atoms. The van der Waals surface area contributed by atoms with E-state index in [1.165, 1.54) is 11.8 Å². The Morgan fingerprint density at radius 3 is 2.23 bits per heavy atom. The number of rotatable bonds is 7. The van der Waals surface area contributed by atoms with E-state index < -0.39 is 0 Å². The Bertz CT molecular complexity index is 1100. The van der Waals surface area contributed by atoms with Crippen LogP contribution in [0.3, 0.4) is 0 Å². The lowest BCUT2D eigenvalue weighted by molar-refractivity contribution is -0.120. The lowest BCUT2D eigenvalue weighted by atomic mass is 10.0. The number of benzene rings is 2. The van der Waals surface area contributed by atoms with Crippen LogP contribution in [0.1, 0.15) is 11.8 Å². The van der Waals surface area contributed by atoms with E-state index in [9.17, 15) is 4.79 Å². The average molecular weight is 433 g/mol. The van der Waals surface area contributed by atoms with E-state index >= 15 is 0 Å². The summed E-state index contributed by atoms with van der Waals surface area (Å²) >= 11 is 2.93. The van der Waals surface area contributed by atoms with Crippen LogP contribution in [-0.4, -0.2) is 26.3 Å². The van der Waals surface area contributed by atoms with Crippen LogP contribution >= 0.6 is 23.1 Å². The van der Waals surface area contributed by atoms with Gasteiger partial charge in [0, 0.05) is 16.0 Å². The Kier molecular flexibility index (Phi) is 6.51. The number of carbonyl (C=O) groups is 1. The molecule has 0 aliphatic carbocycles. The number of hydrogen-bond acceptors (Lipinski definition) is 6. The number of nitrogens with zero attached hydrogens (tertiary/aromatic N) is 3. The SMILES string of the molecule is C[C@@H](Sc1nnc(-c2ccccc2)c(-c2ccccc2)n1)C(=O)NCc1cccs1. The van der Waals surface area contributed by atoms with Crippen LogP contribution in [0.15, 0.2) is 83.3 Å². The predicted octanol–water partition coefficient (Wildman–Crippen LogP) is 5.06. The second-order valence-corrected chi connectivity index (χ2v) is 8.92. The Morgan fingerprint density at radius 1 is 0.933 bits per heavy atom. The van der Waals surface area contributed by atoms with E-state index in [4.69, 9.17) is 4.98 Å². The van der Waals surface area contributed by atoms with Crippen LogP contribution < -0.4 is 5.32 Å². The summed E-state index contributed by atoms with van der Waals surface area (Å²) in [6.45, 7) is 2.38. The summed E-state index contributed by atoms with van der Waals surface area (Å²) in [6, 6.07) is 23.8. The van der Waals surface area contributed by atoms with Gasteiger partial charge in [-0.15, -0.1) is 21.5 Å². The van der Waals surface area contributed by atoms with Gasteiger partial charge in [0.2, 0.25) is 11.1 Å². The van der Waals surface area contributed by atoms with E-state index in [2.05, 4.69) is 15.5 Å². The minimum atomic E-state index is -0.335. The molecule has 150 valence electrons. The van der Waals surface area contributed by atoms with Gasteiger partial charge in [-0.1, -0.05) is 78.5 Å². The molecule has 0 spiro atoms. The van der Waals surface area contributed by atoms with Crippen LogP contribution in [-0.2, 0) is 11.3 Å². The van der Waals surface area contributed by atoms with Gasteiger partial charge in [-0.2, -0.15) is 0 Å². The summed E-state index contributed by atoms with van der Waals surface area (Å²) < 4.78 is 0. The lowest BCUT2D eigenvalue weighted by Gasteiger charge is -2.12. The zero-order valence-corrected chi connectivity index (χ0v) is 18.0. The van der Waals surface area contributed by atoms with Gasteiger partial charge < -0.3 is 5.32 Å². The molecule has 4 aromatic rings. The Balaban J connectivity index is 1.56. The van der Waals surface area contributed by atoms with Gasteiger partial charge in [-0.05, 0) is 18.4 Å². The molecule has 2 aromatic carbocycles. The lowest BCUT2D eigenvalue weighted by Crippen LogP contribution is -2.30. The number of nitrogens with one attached hydrogen (secondary N) is 1. The van der Waals surface area contributed by atoms with Crippen molar-refractivity contribution in [3.8, 4) is 22.5 Å². The van der Waals surface area contributed by atoms with Gasteiger partial charge >= 0.3 is 0 Å². The topological polar surface area (TPSA) is 67.8 Å². The van der Waals surface area contributed by atoms with E-state index in [0.29, 0.717) is 11.7 Å². The normalized spacial score (nSPS) is 11.8. The maximum absolute atomic E-state index is 12.5. The largest absolute Gasteiger partial charge is 0.350 e. The number of aromatic nitrogens is 3. The second-order valence-electron chi connectivity index (χ2n) is 6.58. The third kappa shape index (κ3) is 4.93. The highest BCUT2D eigenvalue weighted by Gasteiger charge is 2.19. The molecule has 1 N–H and O–H groups in total. The molecule has 1 amide bonds. The van der Waals surface area contributed by atoms with Crippen molar-refractivity contribution >= 4 is 29.0 Å². The molecule has 0 unspecified atom stereocenters. The minimum Gasteiger partial charge on any atom is -0.350 e. The van der Waals surface area contributed by atoms with Crippen LogP contribution in [0.5, 0.6) is 0 Å². The minimum absolute atomic E-state index is 0.0506. The predicted molar refractivity (Wildman–Crippen MR) is 122 cm³/mol. The second kappa shape index (κ2) is 9.65. The van der Waals surface area contributed by atoms with E-state index in [-0.39, 0.29) is 11.2 Å². The highest BCUT2D eigenvalue weighted by atomic mass is 32.2. The molecule has 0 saturated carbocycles. The maximum Gasteiger partial charge on any atom is 0.233 e. The summed E-state index contributed by atoms with van der Waals surface area (Å²) in [5, 5.41) is 13.9. The maximum atomic E-state index is 12.5. The summed E-state index contributed by atoms with van der Waals surface area (Å²) in [7, 11) is 0. The van der Waals surface area contributed by atoms with E-state index in [1.54, 1.807) is 11.3 Å². The highest BCUT2D eigenvalue weighted by molar-refractivity contribution is 8.00. The van der Waals surface area contributed by atoms with Crippen LogP contribution in [0.4, 0.5) is 0 Å². The first kappa shape index (κ1) is 20.3. The molecule has 30 heavy (non-hydrogen) atoms. The number of hydrogen-bond donors (Lipinski definition) is 1. The average Bonchev–Trinajstić information content (AvgIpc) is 3.32. The first-order valence-electron chi connectivity index (χ1n) is 9.53. The van der Waals surface area contributed by atoms with Crippen molar-refractivity contribution in [1.29, 1.82) is 0 Å². The summed E-state index contributed by atoms with van der Waals surface area (Å²) in [4.78, 5) is 18.4. The fourth-order valence-corrected chi connectivity index (χ4v) is 4.27. The van der Waals surface area contributed by atoms with Gasteiger partial charge in [-0.3, -0.25) is 4.79 Å². The molecule has 0 saturated heterocycles. The number of thiophene rings is 1. The molecule has 0 aliphatic heterocycles. The first-order chi connectivity index (χ1) is 14.7. The smallest absolute Gasteiger partial charge is 0.233 e. The molecule has 1 atom stereocenters. The Hall–Kier alpha value is -3.03. The molecular formula is C23H20N4OS2. The molecular weight excluding hydrogens is 412 g/mol. The van der Waals surface area contributed by atoms with Crippen molar-refractivity contribution in [3.63, 3.8) is 0 Å². The zero-order chi connectivity index (χ0) is 20.8. The van der Waals surface area contributed by atoms with Crippen LogP contribution in [0.2, 0.25) is 0 Å². The number of thioether (sulfide) groups is 1. The van der Waals surface area contributed by atoms with Gasteiger partial charge in [0.15, 0.2) is 0 Å². The van der Waals surface area contributed by atoms with Crippen LogP contribution in [0.25, 0.3) is 22.5 Å². The van der Waals surface area contributed by atoms with Gasteiger partial charge in [0.25, 0.3) is 0 Å². The van der Waals surface area contributed by atoms with Crippen molar-refractivity contribution in [2.45, 2.75) is 23.9 Å². The summed E-state index contributed by atoms with van der Waals surface area (Å²) in [6.07, 6.45) is 0. The Morgan fingerprint density at radius 2 is 1.60 bits per heavy atom. The quantitative estimate of drug-likeness (QED) is 0.413. The van der Waals surface area contributed by atoms with E-state index in [0.717, 1.165) is 27.4 Å². The third-order valence-corrected chi connectivity index (χ3v) is 6.26. The monoisotopic (exact) mass is 432 g/mol. The fraction of sp³-hybridized carbons (Fsp3) is 0.130. The van der Waals surface area contributed by atoms with Gasteiger partial charge in [0.05, 0.1) is 11.8 Å². The van der Waals surface area contributed by atoms with Crippen molar-refractivity contribution in [2.24, 2.45) is 0 Å². The summed E-state index contributed by atoms with van der Waals surface area (Å²) in [5.41, 5.74) is 3.39. The molecule has 2 aromatic heterocycles. The molecule has 4 rings (SSSR count). The summed E-state index contributed by atoms with van der Waals surface area (Å²) in [5.74, 6) is -0.0506. The highest BCUT2D eigenvalue weighted by Crippen LogP contribution is 2.30. The fourth-order valence-electron chi connectivity index (χ4n) is 2.89. The number of carbonyl (C=O) groups excluding carboxylic acids is 1. The van der Waals surface area contributed by atoms with Gasteiger partial charge in [-0.25, -0.2) is 4.98 Å². The zero-order valence-electron chi connectivity index (χ0n) is 16.4. The molecule has 2 heterocycles. The number of amides is 1. The molecule has 5 nitrogen and oxygen atoms in total. The first-order valence-corrected chi connectivity index (χ1v) is 11.3. The van der Waals surface area contributed by atoms with Gasteiger partial charge in [0.1, 0.15) is 11.4 Å². The molecule has 0 aliphatic rings. The van der Waals surface area contributed by atoms with Crippen molar-refractivity contribution in [2.75, 3.05) is 0 Å². The van der Waals surface area contributed by atoms with Crippen molar-refractivity contribution < 1.29 is 4.79 Å². The van der Waals surface area contributed by atoms with E-state index in [1.807, 2.05) is 85.1 Å². The molecule has 0 fully saturated rings. The van der Waals surface area contributed by atoms with Crippen molar-refractivity contribution in [3.05, 3.63) is 83.1 Å². The standard InChI is InChI=1S/C23H20N4OS2/c1-16(22(28)24-15-19-13-8-14-29-19)30-23-25-20(17-9-4-2-5-10-17)21(26-27-23)18-11-6-3-7-12-18/h2-14,16H,15H2,1H3,(H,24,28)/t16-/m1/s1. The third-order valence-electron chi connectivity index (χ3n) is 4.43. The molecule has 0 radical (unpaired) electrons. The van der Waals surface area contributed by atoms with Crippen molar-refractivity contribution in [1.82, 2.24) is 20.5 Å². The molecule has 7 heteroatoms.